The molecule has 1 heterocycles. The van der Waals surface area contributed by atoms with Crippen molar-refractivity contribution in [1.29, 1.82) is 0 Å². The van der Waals surface area contributed by atoms with E-state index in [1.807, 2.05) is 12.1 Å². The van der Waals surface area contributed by atoms with Gasteiger partial charge in [0.2, 0.25) is 0 Å². The third-order valence-corrected chi connectivity index (χ3v) is 3.43. The molecule has 94 valence electrons. The highest BCUT2D eigenvalue weighted by Gasteiger charge is 2.21. The Bertz CT molecular complexity index is 334. The lowest BCUT2D eigenvalue weighted by Gasteiger charge is -2.27. The minimum absolute atomic E-state index is 0.346. The summed E-state index contributed by atoms with van der Waals surface area (Å²) in [6.07, 6.45) is 6.76. The van der Waals surface area contributed by atoms with Gasteiger partial charge in [-0.3, -0.25) is 4.98 Å². The molecule has 0 bridgehead atoms. The number of nitrogens with zero attached hydrogens (tertiary/aromatic N) is 1. The molecular formula is C13H18ClNO2. The first-order chi connectivity index (χ1) is 8.28. The second kappa shape index (κ2) is 6.34. The molecule has 1 fully saturated rings. The highest BCUT2D eigenvalue weighted by molar-refractivity contribution is 6.30. The SMILES string of the molecule is CO[C@H]1CC[C@H](OCc2ccc(Cl)cn2)CC1. The van der Waals surface area contributed by atoms with Crippen molar-refractivity contribution in [2.75, 3.05) is 7.11 Å². The monoisotopic (exact) mass is 255 g/mol. The molecule has 3 nitrogen and oxygen atoms in total. The summed E-state index contributed by atoms with van der Waals surface area (Å²) in [4.78, 5) is 4.21. The molecule has 0 unspecified atom stereocenters. The summed E-state index contributed by atoms with van der Waals surface area (Å²) < 4.78 is 11.2. The fourth-order valence-corrected chi connectivity index (χ4v) is 2.24. The van der Waals surface area contributed by atoms with Crippen LogP contribution in [0.3, 0.4) is 0 Å². The molecular weight excluding hydrogens is 238 g/mol. The normalized spacial score (nSPS) is 24.8. The van der Waals surface area contributed by atoms with Crippen molar-refractivity contribution in [2.45, 2.75) is 44.5 Å². The van der Waals surface area contributed by atoms with Crippen LogP contribution in [0.4, 0.5) is 0 Å². The van der Waals surface area contributed by atoms with Gasteiger partial charge in [-0.2, -0.15) is 0 Å². The Kier molecular flexibility index (Phi) is 4.77. The van der Waals surface area contributed by atoms with Gasteiger partial charge in [0.15, 0.2) is 0 Å². The first-order valence-electron chi connectivity index (χ1n) is 6.03. The first-order valence-corrected chi connectivity index (χ1v) is 6.40. The van der Waals surface area contributed by atoms with Gasteiger partial charge in [0, 0.05) is 13.3 Å². The quantitative estimate of drug-likeness (QED) is 0.828. The minimum Gasteiger partial charge on any atom is -0.381 e. The maximum Gasteiger partial charge on any atom is 0.0891 e. The van der Waals surface area contributed by atoms with Crippen molar-refractivity contribution >= 4 is 11.6 Å². The molecule has 0 amide bonds. The predicted octanol–water partition coefficient (Wildman–Crippen LogP) is 3.21. The van der Waals surface area contributed by atoms with Crippen molar-refractivity contribution in [1.82, 2.24) is 4.98 Å². The average molecular weight is 256 g/mol. The van der Waals surface area contributed by atoms with Crippen LogP contribution in [0, 0.1) is 0 Å². The Balaban J connectivity index is 1.74. The summed E-state index contributed by atoms with van der Waals surface area (Å²) in [6, 6.07) is 3.75. The molecule has 0 aromatic carbocycles. The fraction of sp³-hybridized carbons (Fsp3) is 0.615. The molecule has 1 saturated carbocycles. The second-order valence-corrected chi connectivity index (χ2v) is 4.85. The summed E-state index contributed by atoms with van der Waals surface area (Å²) >= 11 is 5.78. The number of ether oxygens (including phenoxy) is 2. The van der Waals surface area contributed by atoms with Crippen LogP contribution in [0.1, 0.15) is 31.4 Å². The van der Waals surface area contributed by atoms with Gasteiger partial charge in [0.05, 0.1) is 29.5 Å². The lowest BCUT2D eigenvalue weighted by Crippen LogP contribution is -2.25. The molecule has 1 aliphatic rings. The van der Waals surface area contributed by atoms with Crippen molar-refractivity contribution in [3.05, 3.63) is 29.0 Å². The molecule has 0 N–H and O–H groups in total. The molecule has 1 aromatic rings. The van der Waals surface area contributed by atoms with Crippen LogP contribution in [0.2, 0.25) is 5.02 Å². The maximum absolute atomic E-state index is 5.84. The lowest BCUT2D eigenvalue weighted by molar-refractivity contribution is -0.0244. The van der Waals surface area contributed by atoms with Gasteiger partial charge in [-0.25, -0.2) is 0 Å². The summed E-state index contributed by atoms with van der Waals surface area (Å²) in [6.45, 7) is 0.569. The van der Waals surface area contributed by atoms with Gasteiger partial charge < -0.3 is 9.47 Å². The fourth-order valence-electron chi connectivity index (χ4n) is 2.13. The smallest absolute Gasteiger partial charge is 0.0891 e. The van der Waals surface area contributed by atoms with Crippen molar-refractivity contribution in [3.8, 4) is 0 Å². The largest absolute Gasteiger partial charge is 0.381 e. The van der Waals surface area contributed by atoms with Crippen molar-refractivity contribution in [2.24, 2.45) is 0 Å². The number of rotatable bonds is 4. The standard InChI is InChI=1S/C13H18ClNO2/c1-16-12-4-6-13(7-5-12)17-9-11-3-2-10(14)8-15-11/h2-3,8,12-13H,4-7,9H2,1H3/t12-,13-. The molecule has 0 aliphatic heterocycles. The second-order valence-electron chi connectivity index (χ2n) is 4.41. The van der Waals surface area contributed by atoms with E-state index >= 15 is 0 Å². The van der Waals surface area contributed by atoms with E-state index in [0.717, 1.165) is 31.4 Å². The third-order valence-electron chi connectivity index (χ3n) is 3.21. The average Bonchev–Trinajstić information content (AvgIpc) is 2.39. The third kappa shape index (κ3) is 3.95. The number of aromatic nitrogens is 1. The maximum atomic E-state index is 5.84. The Morgan fingerprint density at radius 2 is 1.94 bits per heavy atom. The van der Waals surface area contributed by atoms with Crippen LogP contribution >= 0.6 is 11.6 Å². The number of hydrogen-bond donors (Lipinski definition) is 0. The van der Waals surface area contributed by atoms with E-state index in [-0.39, 0.29) is 0 Å². The van der Waals surface area contributed by atoms with Gasteiger partial charge in [-0.05, 0) is 37.8 Å². The van der Waals surface area contributed by atoms with E-state index in [1.165, 1.54) is 0 Å². The van der Waals surface area contributed by atoms with E-state index in [2.05, 4.69) is 4.98 Å². The Hall–Kier alpha value is -0.640. The topological polar surface area (TPSA) is 31.4 Å². The number of pyridine rings is 1. The van der Waals surface area contributed by atoms with Gasteiger partial charge in [-0.15, -0.1) is 0 Å². The molecule has 4 heteroatoms. The van der Waals surface area contributed by atoms with Crippen molar-refractivity contribution < 1.29 is 9.47 Å². The number of halogens is 1. The first kappa shape index (κ1) is 12.8. The van der Waals surface area contributed by atoms with E-state index in [9.17, 15) is 0 Å². The zero-order valence-corrected chi connectivity index (χ0v) is 10.8. The van der Waals surface area contributed by atoms with Crippen LogP contribution in [0.15, 0.2) is 18.3 Å². The zero-order chi connectivity index (χ0) is 12.1. The Labute approximate surface area is 107 Å². The molecule has 0 radical (unpaired) electrons. The van der Waals surface area contributed by atoms with Gasteiger partial charge in [-0.1, -0.05) is 11.6 Å². The summed E-state index contributed by atoms with van der Waals surface area (Å²) in [5.74, 6) is 0. The molecule has 2 rings (SSSR count). The van der Waals surface area contributed by atoms with Gasteiger partial charge in [0.25, 0.3) is 0 Å². The highest BCUT2D eigenvalue weighted by Crippen LogP contribution is 2.23. The van der Waals surface area contributed by atoms with E-state index in [4.69, 9.17) is 21.1 Å². The van der Waals surface area contributed by atoms with Crippen LogP contribution in [0.5, 0.6) is 0 Å². The summed E-state index contributed by atoms with van der Waals surface area (Å²) in [5.41, 5.74) is 0.934. The number of methoxy groups -OCH3 is 1. The van der Waals surface area contributed by atoms with E-state index in [1.54, 1.807) is 13.3 Å². The molecule has 0 saturated heterocycles. The minimum atomic E-state index is 0.346. The van der Waals surface area contributed by atoms with E-state index in [0.29, 0.717) is 23.8 Å². The van der Waals surface area contributed by atoms with Crippen LogP contribution in [-0.2, 0) is 16.1 Å². The Morgan fingerprint density at radius 3 is 2.53 bits per heavy atom. The summed E-state index contributed by atoms with van der Waals surface area (Å²) in [5, 5.41) is 0.661. The molecule has 1 aromatic heterocycles. The lowest BCUT2D eigenvalue weighted by atomic mass is 9.95. The molecule has 0 spiro atoms. The van der Waals surface area contributed by atoms with Gasteiger partial charge >= 0.3 is 0 Å². The number of hydrogen-bond acceptors (Lipinski definition) is 3. The molecule has 1 aliphatic carbocycles. The predicted molar refractivity (Wildman–Crippen MR) is 67.1 cm³/mol. The van der Waals surface area contributed by atoms with Gasteiger partial charge in [0.1, 0.15) is 0 Å². The van der Waals surface area contributed by atoms with Crippen LogP contribution < -0.4 is 0 Å². The zero-order valence-electron chi connectivity index (χ0n) is 10.1. The van der Waals surface area contributed by atoms with E-state index < -0.39 is 0 Å². The van der Waals surface area contributed by atoms with Crippen molar-refractivity contribution in [3.63, 3.8) is 0 Å². The van der Waals surface area contributed by atoms with Crippen LogP contribution in [0.25, 0.3) is 0 Å². The Morgan fingerprint density at radius 1 is 1.24 bits per heavy atom. The summed E-state index contributed by atoms with van der Waals surface area (Å²) in [7, 11) is 1.78. The molecule has 17 heavy (non-hydrogen) atoms. The highest BCUT2D eigenvalue weighted by atomic mass is 35.5. The molecule has 0 atom stereocenters. The van der Waals surface area contributed by atoms with Crippen LogP contribution in [-0.4, -0.2) is 24.3 Å².